The van der Waals surface area contributed by atoms with Crippen LogP contribution in [-0.2, 0) is 11.3 Å². The molecule has 8 heteroatoms. The van der Waals surface area contributed by atoms with E-state index in [2.05, 4.69) is 5.32 Å². The van der Waals surface area contributed by atoms with Gasteiger partial charge in [-0.15, -0.1) is 0 Å². The maximum atomic E-state index is 13.5. The Hall–Kier alpha value is -3.29. The predicted octanol–water partition coefficient (Wildman–Crippen LogP) is 4.84. The minimum Gasteiger partial charge on any atom is -0.495 e. The summed E-state index contributed by atoms with van der Waals surface area (Å²) in [7, 11) is 1.55. The Balaban J connectivity index is 1.72. The van der Waals surface area contributed by atoms with E-state index in [1.807, 2.05) is 42.5 Å². The number of amides is 1. The van der Waals surface area contributed by atoms with E-state index in [0.29, 0.717) is 39.1 Å². The van der Waals surface area contributed by atoms with Crippen LogP contribution in [0.1, 0.15) is 12.5 Å². The maximum absolute atomic E-state index is 13.5. The summed E-state index contributed by atoms with van der Waals surface area (Å²) in [6.07, 6.45) is 0. The third-order valence-corrected chi connectivity index (χ3v) is 6.38. The van der Waals surface area contributed by atoms with Crippen molar-refractivity contribution in [1.82, 2.24) is 14.9 Å². The summed E-state index contributed by atoms with van der Waals surface area (Å²) in [6.45, 7) is 2.20. The van der Waals surface area contributed by atoms with Crippen molar-refractivity contribution in [3.05, 3.63) is 93.7 Å². The molecule has 1 aromatic heterocycles. The van der Waals surface area contributed by atoms with Crippen LogP contribution in [0.3, 0.4) is 0 Å². The van der Waals surface area contributed by atoms with Gasteiger partial charge < -0.3 is 10.1 Å². The van der Waals surface area contributed by atoms with Gasteiger partial charge in [0.15, 0.2) is 5.16 Å². The molecular formula is C25H22ClN3O3S. The van der Waals surface area contributed by atoms with Gasteiger partial charge in [-0.25, -0.2) is 4.98 Å². The minimum atomic E-state index is -0.502. The Labute approximate surface area is 200 Å². The molecule has 0 saturated heterocycles. The standard InChI is InChI=1S/C25H22ClN3O3S/c1-16(23(30)27-15-17-8-4-3-5-9-17)33-25-28-20-14-18(26)12-13-19(20)24(31)29(25)21-10-6-7-11-22(21)32-2/h3-14,16H,15H2,1-2H3,(H,27,30). The number of para-hydroxylation sites is 2. The first kappa shape index (κ1) is 22.9. The van der Waals surface area contributed by atoms with Gasteiger partial charge in [-0.05, 0) is 42.8 Å². The van der Waals surface area contributed by atoms with Gasteiger partial charge in [-0.1, -0.05) is 65.8 Å². The van der Waals surface area contributed by atoms with Gasteiger partial charge in [0.05, 0.1) is 29.0 Å². The normalized spacial score (nSPS) is 11.8. The first-order valence-corrected chi connectivity index (χ1v) is 11.6. The lowest BCUT2D eigenvalue weighted by Crippen LogP contribution is -2.31. The third-order valence-electron chi connectivity index (χ3n) is 5.09. The fourth-order valence-corrected chi connectivity index (χ4v) is 4.50. The predicted molar refractivity (Wildman–Crippen MR) is 133 cm³/mol. The number of hydrogen-bond acceptors (Lipinski definition) is 5. The zero-order valence-corrected chi connectivity index (χ0v) is 19.7. The van der Waals surface area contributed by atoms with Crippen molar-refractivity contribution in [3.63, 3.8) is 0 Å². The van der Waals surface area contributed by atoms with Crippen LogP contribution in [-0.4, -0.2) is 27.8 Å². The Morgan fingerprint density at radius 3 is 2.61 bits per heavy atom. The molecule has 0 aliphatic heterocycles. The molecule has 1 N–H and O–H groups in total. The summed E-state index contributed by atoms with van der Waals surface area (Å²) in [5.74, 6) is 0.369. The molecule has 1 amide bonds. The molecule has 4 aromatic rings. The highest BCUT2D eigenvalue weighted by Crippen LogP contribution is 2.29. The van der Waals surface area contributed by atoms with E-state index in [1.165, 1.54) is 16.3 Å². The highest BCUT2D eigenvalue weighted by Gasteiger charge is 2.21. The number of fused-ring (bicyclic) bond motifs is 1. The lowest BCUT2D eigenvalue weighted by Gasteiger charge is -2.18. The van der Waals surface area contributed by atoms with Gasteiger partial charge in [-0.2, -0.15) is 0 Å². The van der Waals surface area contributed by atoms with E-state index in [9.17, 15) is 9.59 Å². The number of benzene rings is 3. The zero-order valence-electron chi connectivity index (χ0n) is 18.1. The van der Waals surface area contributed by atoms with Crippen molar-refractivity contribution in [2.75, 3.05) is 7.11 Å². The summed E-state index contributed by atoms with van der Waals surface area (Å²) in [6, 6.07) is 21.9. The van der Waals surface area contributed by atoms with E-state index in [0.717, 1.165) is 5.56 Å². The molecule has 4 rings (SSSR count). The van der Waals surface area contributed by atoms with Gasteiger partial charge in [0.2, 0.25) is 5.91 Å². The highest BCUT2D eigenvalue weighted by molar-refractivity contribution is 8.00. The monoisotopic (exact) mass is 479 g/mol. The fourth-order valence-electron chi connectivity index (χ4n) is 3.38. The number of ether oxygens (including phenoxy) is 1. The van der Waals surface area contributed by atoms with Crippen molar-refractivity contribution < 1.29 is 9.53 Å². The minimum absolute atomic E-state index is 0.157. The molecule has 3 aromatic carbocycles. The van der Waals surface area contributed by atoms with E-state index in [4.69, 9.17) is 21.3 Å². The molecule has 0 spiro atoms. The second-order valence-electron chi connectivity index (χ2n) is 7.33. The topological polar surface area (TPSA) is 73.2 Å². The number of nitrogens with zero attached hydrogens (tertiary/aromatic N) is 2. The first-order valence-electron chi connectivity index (χ1n) is 10.3. The zero-order chi connectivity index (χ0) is 23.4. The number of hydrogen-bond donors (Lipinski definition) is 1. The molecule has 0 radical (unpaired) electrons. The van der Waals surface area contributed by atoms with E-state index < -0.39 is 5.25 Å². The summed E-state index contributed by atoms with van der Waals surface area (Å²) in [5, 5.41) is 3.72. The number of nitrogens with one attached hydrogen (secondary N) is 1. The van der Waals surface area contributed by atoms with Crippen LogP contribution < -0.4 is 15.6 Å². The molecule has 1 atom stereocenters. The van der Waals surface area contributed by atoms with Gasteiger partial charge >= 0.3 is 0 Å². The summed E-state index contributed by atoms with van der Waals surface area (Å²) in [4.78, 5) is 31.0. The average Bonchev–Trinajstić information content (AvgIpc) is 2.83. The molecule has 0 saturated carbocycles. The van der Waals surface area contributed by atoms with Crippen LogP contribution in [0.5, 0.6) is 5.75 Å². The van der Waals surface area contributed by atoms with Crippen molar-refractivity contribution in [2.24, 2.45) is 0 Å². The molecule has 1 heterocycles. The van der Waals surface area contributed by atoms with Crippen LogP contribution in [0.2, 0.25) is 5.02 Å². The highest BCUT2D eigenvalue weighted by atomic mass is 35.5. The Bertz CT molecular complexity index is 1360. The Morgan fingerprint density at radius 2 is 1.85 bits per heavy atom. The molecule has 0 aliphatic carbocycles. The number of carbonyl (C=O) groups is 1. The summed E-state index contributed by atoms with van der Waals surface area (Å²) >= 11 is 7.35. The van der Waals surface area contributed by atoms with Crippen molar-refractivity contribution >= 4 is 40.2 Å². The molecule has 0 aliphatic rings. The largest absolute Gasteiger partial charge is 0.495 e. The molecule has 168 valence electrons. The van der Waals surface area contributed by atoms with Gasteiger partial charge in [0, 0.05) is 11.6 Å². The van der Waals surface area contributed by atoms with Crippen molar-refractivity contribution in [1.29, 1.82) is 0 Å². The molecule has 0 bridgehead atoms. The lowest BCUT2D eigenvalue weighted by molar-refractivity contribution is -0.120. The number of aromatic nitrogens is 2. The van der Waals surface area contributed by atoms with Crippen LogP contribution >= 0.6 is 23.4 Å². The van der Waals surface area contributed by atoms with E-state index in [1.54, 1.807) is 44.4 Å². The Morgan fingerprint density at radius 1 is 1.12 bits per heavy atom. The number of rotatable bonds is 7. The maximum Gasteiger partial charge on any atom is 0.266 e. The molecule has 1 unspecified atom stereocenters. The Kier molecular flexibility index (Phi) is 7.01. The molecule has 6 nitrogen and oxygen atoms in total. The van der Waals surface area contributed by atoms with Crippen molar-refractivity contribution in [3.8, 4) is 11.4 Å². The van der Waals surface area contributed by atoms with E-state index in [-0.39, 0.29) is 11.5 Å². The third kappa shape index (κ3) is 5.05. The van der Waals surface area contributed by atoms with Crippen LogP contribution in [0.15, 0.2) is 82.7 Å². The van der Waals surface area contributed by atoms with Crippen LogP contribution in [0.4, 0.5) is 0 Å². The average molecular weight is 480 g/mol. The quantitative estimate of drug-likeness (QED) is 0.303. The van der Waals surface area contributed by atoms with Crippen LogP contribution in [0, 0.1) is 0 Å². The van der Waals surface area contributed by atoms with Gasteiger partial charge in [0.1, 0.15) is 5.75 Å². The number of halogens is 1. The molecular weight excluding hydrogens is 458 g/mol. The fraction of sp³-hybridized carbons (Fsp3) is 0.160. The SMILES string of the molecule is COc1ccccc1-n1c(SC(C)C(=O)NCc2ccccc2)nc2cc(Cl)ccc2c1=O. The van der Waals surface area contributed by atoms with Gasteiger partial charge in [-0.3, -0.25) is 14.2 Å². The second kappa shape index (κ2) is 10.1. The summed E-state index contributed by atoms with van der Waals surface area (Å²) in [5.41, 5.74) is 1.76. The number of carbonyl (C=O) groups excluding carboxylic acids is 1. The first-order chi connectivity index (χ1) is 16.0. The van der Waals surface area contributed by atoms with Gasteiger partial charge in [0.25, 0.3) is 5.56 Å². The van der Waals surface area contributed by atoms with Crippen molar-refractivity contribution in [2.45, 2.75) is 23.9 Å². The van der Waals surface area contributed by atoms with E-state index >= 15 is 0 Å². The number of methoxy groups -OCH3 is 1. The second-order valence-corrected chi connectivity index (χ2v) is 9.08. The molecule has 0 fully saturated rings. The lowest BCUT2D eigenvalue weighted by atomic mass is 10.2. The number of thioether (sulfide) groups is 1. The van der Waals surface area contributed by atoms with Crippen LogP contribution in [0.25, 0.3) is 16.6 Å². The molecule has 33 heavy (non-hydrogen) atoms. The summed E-state index contributed by atoms with van der Waals surface area (Å²) < 4.78 is 6.97. The smallest absolute Gasteiger partial charge is 0.266 e.